The summed E-state index contributed by atoms with van der Waals surface area (Å²) >= 11 is 1.74. The fourth-order valence-electron chi connectivity index (χ4n) is 3.66. The Hall–Kier alpha value is -4.11. The SMILES string of the molecule is Cc1ccc(-c2ccnc3[nH]c(-c4n[nH]c5ncc(-c6cncc(N)c6)cc45)nc23)s1. The number of aromatic amines is 2. The highest BCUT2D eigenvalue weighted by atomic mass is 32.1. The smallest absolute Gasteiger partial charge is 0.161 e. The molecule has 6 aromatic heterocycles. The van der Waals surface area contributed by atoms with Crippen molar-refractivity contribution in [3.63, 3.8) is 0 Å². The maximum absolute atomic E-state index is 5.89. The van der Waals surface area contributed by atoms with Crippen LogP contribution in [0.25, 0.3) is 55.3 Å². The van der Waals surface area contributed by atoms with E-state index in [9.17, 15) is 0 Å². The van der Waals surface area contributed by atoms with Gasteiger partial charge in [0, 0.05) is 51.2 Å². The lowest BCUT2D eigenvalue weighted by Crippen LogP contribution is -1.89. The molecule has 0 radical (unpaired) electrons. The summed E-state index contributed by atoms with van der Waals surface area (Å²) in [7, 11) is 0. The van der Waals surface area contributed by atoms with Crippen molar-refractivity contribution >= 4 is 39.2 Å². The standard InChI is InChI=1S/C22H16N8S/c1-11-2-3-17(31-11)15-4-5-25-21-18(15)27-22(28-21)19-16-7-13(9-26-20(16)30-29-19)12-6-14(23)10-24-8-12/h2-10H,23H2,1H3,(H,25,27,28)(H,26,29,30). The van der Waals surface area contributed by atoms with Gasteiger partial charge >= 0.3 is 0 Å². The van der Waals surface area contributed by atoms with Gasteiger partial charge in [-0.3, -0.25) is 10.1 Å². The predicted molar refractivity (Wildman–Crippen MR) is 122 cm³/mol. The number of nitrogens with two attached hydrogens (primary N) is 1. The number of imidazole rings is 1. The molecule has 6 aromatic rings. The highest BCUT2D eigenvalue weighted by molar-refractivity contribution is 7.15. The Balaban J connectivity index is 1.51. The van der Waals surface area contributed by atoms with Gasteiger partial charge in [0.25, 0.3) is 0 Å². The minimum absolute atomic E-state index is 0.602. The van der Waals surface area contributed by atoms with Crippen molar-refractivity contribution in [3.8, 4) is 33.1 Å². The molecule has 4 N–H and O–H groups in total. The minimum atomic E-state index is 0.602. The molecule has 0 aliphatic carbocycles. The zero-order valence-electron chi connectivity index (χ0n) is 16.4. The minimum Gasteiger partial charge on any atom is -0.397 e. The highest BCUT2D eigenvalue weighted by Gasteiger charge is 2.17. The van der Waals surface area contributed by atoms with E-state index in [0.717, 1.165) is 38.1 Å². The summed E-state index contributed by atoms with van der Waals surface area (Å²) in [6.07, 6.45) is 6.95. The Bertz CT molecular complexity index is 1580. The first kappa shape index (κ1) is 17.7. The topological polar surface area (TPSA) is 122 Å². The lowest BCUT2D eigenvalue weighted by Gasteiger charge is -2.02. The van der Waals surface area contributed by atoms with Crippen LogP contribution >= 0.6 is 11.3 Å². The van der Waals surface area contributed by atoms with Crippen LogP contribution in [-0.2, 0) is 0 Å². The van der Waals surface area contributed by atoms with E-state index < -0.39 is 0 Å². The van der Waals surface area contributed by atoms with E-state index >= 15 is 0 Å². The fourth-order valence-corrected chi connectivity index (χ4v) is 4.55. The average Bonchev–Trinajstić information content (AvgIpc) is 3.50. The molecule has 0 bridgehead atoms. The monoisotopic (exact) mass is 424 g/mol. The first-order valence-electron chi connectivity index (χ1n) is 9.62. The number of anilines is 1. The molecule has 150 valence electrons. The number of aryl methyl sites for hydroxylation is 1. The zero-order chi connectivity index (χ0) is 20.9. The van der Waals surface area contributed by atoms with Crippen LogP contribution in [0.1, 0.15) is 4.88 Å². The molecule has 0 aliphatic heterocycles. The summed E-state index contributed by atoms with van der Waals surface area (Å²) in [6.45, 7) is 2.10. The second-order valence-electron chi connectivity index (χ2n) is 7.25. The normalized spacial score (nSPS) is 11.5. The first-order chi connectivity index (χ1) is 15.2. The van der Waals surface area contributed by atoms with Gasteiger partial charge in [0.05, 0.1) is 11.1 Å². The molecule has 0 unspecified atom stereocenters. The van der Waals surface area contributed by atoms with Gasteiger partial charge in [-0.05, 0) is 37.3 Å². The van der Waals surface area contributed by atoms with Crippen LogP contribution in [0.4, 0.5) is 5.69 Å². The fraction of sp³-hybridized carbons (Fsp3) is 0.0455. The van der Waals surface area contributed by atoms with Crippen LogP contribution in [0, 0.1) is 6.92 Å². The van der Waals surface area contributed by atoms with Crippen LogP contribution in [0.5, 0.6) is 0 Å². The van der Waals surface area contributed by atoms with Gasteiger partial charge in [-0.2, -0.15) is 5.10 Å². The van der Waals surface area contributed by atoms with Crippen molar-refractivity contribution in [2.45, 2.75) is 6.92 Å². The summed E-state index contributed by atoms with van der Waals surface area (Å²) < 4.78 is 0. The Morgan fingerprint density at radius 1 is 0.968 bits per heavy atom. The van der Waals surface area contributed by atoms with Crippen molar-refractivity contribution in [1.82, 2.24) is 35.1 Å². The Morgan fingerprint density at radius 2 is 1.87 bits per heavy atom. The van der Waals surface area contributed by atoms with E-state index in [1.165, 1.54) is 4.88 Å². The summed E-state index contributed by atoms with van der Waals surface area (Å²) in [5, 5.41) is 8.32. The Morgan fingerprint density at radius 3 is 2.71 bits per heavy atom. The number of H-pyrrole nitrogens is 2. The summed E-state index contributed by atoms with van der Waals surface area (Å²) in [5.41, 5.74) is 12.2. The number of nitrogen functional groups attached to an aromatic ring is 1. The quantitative estimate of drug-likeness (QED) is 0.382. The molecule has 0 fully saturated rings. The second-order valence-corrected chi connectivity index (χ2v) is 8.54. The third-order valence-electron chi connectivity index (χ3n) is 5.12. The molecule has 0 amide bonds. The van der Waals surface area contributed by atoms with Gasteiger partial charge in [-0.25, -0.2) is 15.0 Å². The number of thiophene rings is 1. The number of aromatic nitrogens is 7. The van der Waals surface area contributed by atoms with Gasteiger partial charge in [0.2, 0.25) is 0 Å². The van der Waals surface area contributed by atoms with Gasteiger partial charge < -0.3 is 10.7 Å². The molecule has 31 heavy (non-hydrogen) atoms. The number of hydrogen-bond acceptors (Lipinski definition) is 7. The van der Waals surface area contributed by atoms with Crippen LogP contribution in [-0.4, -0.2) is 35.1 Å². The van der Waals surface area contributed by atoms with Crippen LogP contribution in [0.3, 0.4) is 0 Å². The molecular weight excluding hydrogens is 408 g/mol. The average molecular weight is 424 g/mol. The lowest BCUT2D eigenvalue weighted by molar-refractivity contribution is 1.09. The predicted octanol–water partition coefficient (Wildman–Crippen LogP) is 4.58. The molecule has 9 heteroatoms. The molecule has 0 atom stereocenters. The van der Waals surface area contributed by atoms with Gasteiger partial charge in [-0.1, -0.05) is 0 Å². The van der Waals surface area contributed by atoms with Crippen molar-refractivity contribution < 1.29 is 0 Å². The zero-order valence-corrected chi connectivity index (χ0v) is 17.2. The molecule has 0 saturated carbocycles. The van der Waals surface area contributed by atoms with E-state index in [2.05, 4.69) is 49.2 Å². The molecule has 0 saturated heterocycles. The second kappa shape index (κ2) is 6.71. The molecule has 6 heterocycles. The summed E-state index contributed by atoms with van der Waals surface area (Å²) in [5.74, 6) is 0.638. The van der Waals surface area contributed by atoms with Gasteiger partial charge in [0.1, 0.15) is 11.2 Å². The van der Waals surface area contributed by atoms with E-state index in [-0.39, 0.29) is 0 Å². The summed E-state index contributed by atoms with van der Waals surface area (Å²) in [4.78, 5) is 23.7. The first-order valence-corrected chi connectivity index (χ1v) is 10.4. The van der Waals surface area contributed by atoms with Crippen LogP contribution < -0.4 is 5.73 Å². The number of rotatable bonds is 3. The van der Waals surface area contributed by atoms with Crippen molar-refractivity contribution in [2.75, 3.05) is 5.73 Å². The van der Waals surface area contributed by atoms with E-state index in [0.29, 0.717) is 22.9 Å². The Kier molecular flexibility index (Phi) is 3.84. The Labute approximate surface area is 180 Å². The van der Waals surface area contributed by atoms with Crippen LogP contribution in [0.15, 0.2) is 55.1 Å². The molecule has 0 aliphatic rings. The number of nitrogens with zero attached hydrogens (tertiary/aromatic N) is 5. The van der Waals surface area contributed by atoms with E-state index in [1.807, 2.05) is 18.2 Å². The number of fused-ring (bicyclic) bond motifs is 2. The lowest BCUT2D eigenvalue weighted by atomic mass is 10.1. The van der Waals surface area contributed by atoms with Crippen molar-refractivity contribution in [2.24, 2.45) is 0 Å². The van der Waals surface area contributed by atoms with Crippen molar-refractivity contribution in [1.29, 1.82) is 0 Å². The highest BCUT2D eigenvalue weighted by Crippen LogP contribution is 2.34. The van der Waals surface area contributed by atoms with E-state index in [1.54, 1.807) is 36.1 Å². The maximum atomic E-state index is 5.89. The number of nitrogens with one attached hydrogen (secondary N) is 2. The number of pyridine rings is 3. The summed E-state index contributed by atoms with van der Waals surface area (Å²) in [6, 6.07) is 10.1. The largest absolute Gasteiger partial charge is 0.397 e. The molecule has 6 rings (SSSR count). The molecular formula is C22H16N8S. The van der Waals surface area contributed by atoms with Crippen molar-refractivity contribution in [3.05, 3.63) is 60.0 Å². The number of hydrogen-bond donors (Lipinski definition) is 3. The maximum Gasteiger partial charge on any atom is 0.161 e. The third kappa shape index (κ3) is 2.94. The van der Waals surface area contributed by atoms with Gasteiger partial charge in [0.15, 0.2) is 17.1 Å². The van der Waals surface area contributed by atoms with Gasteiger partial charge in [-0.15, -0.1) is 11.3 Å². The third-order valence-corrected chi connectivity index (χ3v) is 6.16. The molecule has 0 aromatic carbocycles. The molecule has 8 nitrogen and oxygen atoms in total. The van der Waals surface area contributed by atoms with E-state index in [4.69, 9.17) is 10.7 Å². The molecule has 0 spiro atoms. The van der Waals surface area contributed by atoms with Crippen LogP contribution in [0.2, 0.25) is 0 Å².